The summed E-state index contributed by atoms with van der Waals surface area (Å²) in [4.78, 5) is 0. The van der Waals surface area contributed by atoms with Gasteiger partial charge in [-0.05, 0) is 24.6 Å². The highest BCUT2D eigenvalue weighted by Crippen LogP contribution is 2.23. The first kappa shape index (κ1) is 13.3. The largest absolute Gasteiger partial charge is 0.491 e. The number of nitrogens with two attached hydrogens (primary N) is 1. The summed E-state index contributed by atoms with van der Waals surface area (Å²) in [5, 5.41) is 3.27. The second-order valence-corrected chi connectivity index (χ2v) is 4.28. The molecule has 1 heterocycles. The summed E-state index contributed by atoms with van der Waals surface area (Å²) in [7, 11) is 0. The predicted molar refractivity (Wildman–Crippen MR) is 67.1 cm³/mol. The molecule has 0 aliphatic carbocycles. The molecule has 3 N–H and O–H groups in total. The van der Waals surface area contributed by atoms with Crippen molar-refractivity contribution in [1.82, 2.24) is 5.32 Å². The molecule has 18 heavy (non-hydrogen) atoms. The van der Waals surface area contributed by atoms with Gasteiger partial charge in [-0.25, -0.2) is 4.39 Å². The van der Waals surface area contributed by atoms with Crippen molar-refractivity contribution >= 4 is 0 Å². The van der Waals surface area contributed by atoms with Gasteiger partial charge in [0.2, 0.25) is 0 Å². The van der Waals surface area contributed by atoms with Crippen LogP contribution in [-0.2, 0) is 4.74 Å². The van der Waals surface area contributed by atoms with E-state index in [9.17, 15) is 4.39 Å². The topological polar surface area (TPSA) is 56.5 Å². The lowest BCUT2D eigenvalue weighted by Crippen LogP contribution is -2.47. The van der Waals surface area contributed by atoms with Crippen molar-refractivity contribution in [3.8, 4) is 5.75 Å². The Bertz CT molecular complexity index is 395. The first-order chi connectivity index (χ1) is 8.72. The van der Waals surface area contributed by atoms with Gasteiger partial charge in [-0.1, -0.05) is 6.07 Å². The molecule has 1 fully saturated rings. The SMILES string of the molecule is CCOc1ccc(C(N)C2COCCN2)cc1F. The number of hydrogen-bond acceptors (Lipinski definition) is 4. The third-order valence-corrected chi connectivity index (χ3v) is 3.02. The van der Waals surface area contributed by atoms with E-state index in [1.165, 1.54) is 6.07 Å². The van der Waals surface area contributed by atoms with Crippen LogP contribution in [0.25, 0.3) is 0 Å². The lowest BCUT2D eigenvalue weighted by molar-refractivity contribution is 0.0684. The van der Waals surface area contributed by atoms with Gasteiger partial charge in [0.05, 0.1) is 19.8 Å². The Labute approximate surface area is 106 Å². The number of rotatable bonds is 4. The van der Waals surface area contributed by atoms with Crippen molar-refractivity contribution in [3.05, 3.63) is 29.6 Å². The van der Waals surface area contributed by atoms with Crippen LogP contribution in [0.5, 0.6) is 5.75 Å². The van der Waals surface area contributed by atoms with Gasteiger partial charge in [0.25, 0.3) is 0 Å². The quantitative estimate of drug-likeness (QED) is 0.848. The Hall–Kier alpha value is -1.17. The lowest BCUT2D eigenvalue weighted by Gasteiger charge is -2.29. The van der Waals surface area contributed by atoms with E-state index in [-0.39, 0.29) is 23.7 Å². The van der Waals surface area contributed by atoms with Crippen LogP contribution in [0.1, 0.15) is 18.5 Å². The van der Waals surface area contributed by atoms with Crippen molar-refractivity contribution < 1.29 is 13.9 Å². The zero-order valence-corrected chi connectivity index (χ0v) is 10.5. The molecule has 4 nitrogen and oxygen atoms in total. The average Bonchev–Trinajstić information content (AvgIpc) is 2.41. The molecule has 1 aromatic carbocycles. The van der Waals surface area contributed by atoms with E-state index in [1.54, 1.807) is 12.1 Å². The fourth-order valence-electron chi connectivity index (χ4n) is 2.05. The monoisotopic (exact) mass is 254 g/mol. The molecular weight excluding hydrogens is 235 g/mol. The summed E-state index contributed by atoms with van der Waals surface area (Å²) < 4.78 is 24.2. The van der Waals surface area contributed by atoms with Crippen LogP contribution in [0, 0.1) is 5.82 Å². The van der Waals surface area contributed by atoms with E-state index in [0.29, 0.717) is 19.8 Å². The third-order valence-electron chi connectivity index (χ3n) is 3.02. The molecule has 1 aromatic rings. The van der Waals surface area contributed by atoms with E-state index in [1.807, 2.05) is 6.92 Å². The minimum Gasteiger partial charge on any atom is -0.491 e. The van der Waals surface area contributed by atoms with Crippen molar-refractivity contribution in [1.29, 1.82) is 0 Å². The summed E-state index contributed by atoms with van der Waals surface area (Å²) in [6.07, 6.45) is 0. The number of nitrogens with one attached hydrogen (secondary N) is 1. The standard InChI is InChI=1S/C13H19FN2O2/c1-2-18-12-4-3-9(7-10(12)14)13(15)11-8-17-6-5-16-11/h3-4,7,11,13,16H,2,5-6,8,15H2,1H3. The molecule has 100 valence electrons. The smallest absolute Gasteiger partial charge is 0.165 e. The fraction of sp³-hybridized carbons (Fsp3) is 0.538. The maximum Gasteiger partial charge on any atom is 0.165 e. The summed E-state index contributed by atoms with van der Waals surface area (Å²) >= 11 is 0. The second kappa shape index (κ2) is 6.13. The molecular formula is C13H19FN2O2. The maximum atomic E-state index is 13.7. The zero-order chi connectivity index (χ0) is 13.0. The summed E-state index contributed by atoms with van der Waals surface area (Å²) in [6, 6.07) is 4.60. The molecule has 0 spiro atoms. The Morgan fingerprint density at radius 2 is 2.44 bits per heavy atom. The Kier molecular flexibility index (Phi) is 4.52. The second-order valence-electron chi connectivity index (χ2n) is 4.28. The van der Waals surface area contributed by atoms with Crippen LogP contribution in [0.4, 0.5) is 4.39 Å². The lowest BCUT2D eigenvalue weighted by atomic mass is 10.00. The number of halogens is 1. The van der Waals surface area contributed by atoms with E-state index in [0.717, 1.165) is 12.1 Å². The van der Waals surface area contributed by atoms with Crippen molar-refractivity contribution in [2.24, 2.45) is 5.73 Å². The minimum atomic E-state index is -0.374. The van der Waals surface area contributed by atoms with Crippen molar-refractivity contribution in [2.75, 3.05) is 26.4 Å². The Morgan fingerprint density at radius 1 is 1.61 bits per heavy atom. The first-order valence-electron chi connectivity index (χ1n) is 6.21. The van der Waals surface area contributed by atoms with E-state index in [2.05, 4.69) is 5.32 Å². The first-order valence-corrected chi connectivity index (χ1v) is 6.21. The number of morpholine rings is 1. The molecule has 1 saturated heterocycles. The molecule has 1 aliphatic rings. The highest BCUT2D eigenvalue weighted by atomic mass is 19.1. The molecule has 2 atom stereocenters. The van der Waals surface area contributed by atoms with Crippen LogP contribution in [-0.4, -0.2) is 32.4 Å². The molecule has 0 saturated carbocycles. The fourth-order valence-corrected chi connectivity index (χ4v) is 2.05. The van der Waals surface area contributed by atoms with Crippen LogP contribution in [0.2, 0.25) is 0 Å². The number of hydrogen-bond donors (Lipinski definition) is 2. The predicted octanol–water partition coefficient (Wildman–Crippen LogP) is 1.21. The van der Waals surface area contributed by atoms with Gasteiger partial charge < -0.3 is 20.5 Å². The highest BCUT2D eigenvalue weighted by molar-refractivity contribution is 5.31. The molecule has 0 aromatic heterocycles. The van der Waals surface area contributed by atoms with Crippen molar-refractivity contribution in [2.45, 2.75) is 19.0 Å². The van der Waals surface area contributed by atoms with Gasteiger partial charge in [-0.15, -0.1) is 0 Å². The third kappa shape index (κ3) is 2.98. The van der Waals surface area contributed by atoms with Crippen molar-refractivity contribution in [3.63, 3.8) is 0 Å². The van der Waals surface area contributed by atoms with Crippen LogP contribution < -0.4 is 15.8 Å². The Balaban J connectivity index is 2.10. The van der Waals surface area contributed by atoms with E-state index in [4.69, 9.17) is 15.2 Å². The maximum absolute atomic E-state index is 13.7. The average molecular weight is 254 g/mol. The molecule has 2 unspecified atom stereocenters. The summed E-state index contributed by atoms with van der Waals surface area (Å²) in [6.45, 7) is 4.29. The van der Waals surface area contributed by atoms with Gasteiger partial charge in [0, 0.05) is 18.6 Å². The molecule has 0 radical (unpaired) electrons. The summed E-state index contributed by atoms with van der Waals surface area (Å²) in [5.74, 6) is -0.108. The number of ether oxygens (including phenoxy) is 2. The van der Waals surface area contributed by atoms with Crippen LogP contribution >= 0.6 is 0 Å². The molecule has 0 amide bonds. The zero-order valence-electron chi connectivity index (χ0n) is 10.5. The van der Waals surface area contributed by atoms with Gasteiger partial charge >= 0.3 is 0 Å². The Morgan fingerprint density at radius 3 is 3.06 bits per heavy atom. The normalized spacial score (nSPS) is 21.6. The van der Waals surface area contributed by atoms with E-state index < -0.39 is 0 Å². The van der Waals surface area contributed by atoms with Crippen LogP contribution in [0.15, 0.2) is 18.2 Å². The molecule has 0 bridgehead atoms. The molecule has 2 rings (SSSR count). The van der Waals surface area contributed by atoms with Gasteiger partial charge in [0.1, 0.15) is 0 Å². The molecule has 1 aliphatic heterocycles. The van der Waals surface area contributed by atoms with E-state index >= 15 is 0 Å². The summed E-state index contributed by atoms with van der Waals surface area (Å²) in [5.41, 5.74) is 6.86. The number of benzene rings is 1. The van der Waals surface area contributed by atoms with Gasteiger partial charge in [0.15, 0.2) is 11.6 Å². The minimum absolute atomic E-state index is 0.0242. The van der Waals surface area contributed by atoms with Gasteiger partial charge in [-0.2, -0.15) is 0 Å². The van der Waals surface area contributed by atoms with Crippen LogP contribution in [0.3, 0.4) is 0 Å². The van der Waals surface area contributed by atoms with Gasteiger partial charge in [-0.3, -0.25) is 0 Å². The molecule has 5 heteroatoms. The highest BCUT2D eigenvalue weighted by Gasteiger charge is 2.22.